The van der Waals surface area contributed by atoms with E-state index in [9.17, 15) is 9.59 Å². The van der Waals surface area contributed by atoms with Gasteiger partial charge >= 0.3 is 0 Å². The first-order valence-corrected chi connectivity index (χ1v) is 9.50. The lowest BCUT2D eigenvalue weighted by Crippen LogP contribution is -2.28. The van der Waals surface area contributed by atoms with Crippen LogP contribution in [-0.4, -0.2) is 29.6 Å². The third kappa shape index (κ3) is 4.43. The first kappa shape index (κ1) is 19.5. The maximum absolute atomic E-state index is 12.2. The van der Waals surface area contributed by atoms with Crippen molar-refractivity contribution in [1.29, 1.82) is 0 Å². The fraction of sp³-hybridized carbons (Fsp3) is 0.227. The fourth-order valence-corrected chi connectivity index (χ4v) is 3.09. The number of nitrogens with one attached hydrogen (secondary N) is 1. The third-order valence-electron chi connectivity index (χ3n) is 4.71. The van der Waals surface area contributed by atoms with Crippen LogP contribution < -0.4 is 25.1 Å². The number of nitrogens with zero attached hydrogens (tertiary/aromatic N) is 2. The topological polar surface area (TPSA) is 91.7 Å². The summed E-state index contributed by atoms with van der Waals surface area (Å²) >= 11 is 0. The highest BCUT2D eigenvalue weighted by Gasteiger charge is 2.13. The molecule has 154 valence electrons. The van der Waals surface area contributed by atoms with Gasteiger partial charge in [-0.1, -0.05) is 18.2 Å². The molecule has 1 aliphatic heterocycles. The number of hydrogen-bond donors (Lipinski definition) is 1. The number of hydrogen-bond acceptors (Lipinski definition) is 6. The number of fused-ring (bicyclic) bond motifs is 1. The van der Waals surface area contributed by atoms with E-state index in [1.54, 1.807) is 13.2 Å². The van der Waals surface area contributed by atoms with Crippen molar-refractivity contribution in [2.24, 2.45) is 0 Å². The van der Waals surface area contributed by atoms with Crippen molar-refractivity contribution in [2.75, 3.05) is 13.9 Å². The van der Waals surface area contributed by atoms with Gasteiger partial charge in [-0.05, 0) is 35.9 Å². The van der Waals surface area contributed by atoms with Gasteiger partial charge in [0.2, 0.25) is 12.7 Å². The van der Waals surface area contributed by atoms with Gasteiger partial charge < -0.3 is 19.5 Å². The summed E-state index contributed by atoms with van der Waals surface area (Å²) in [6, 6.07) is 16.1. The number of benzene rings is 2. The van der Waals surface area contributed by atoms with E-state index in [4.69, 9.17) is 14.2 Å². The van der Waals surface area contributed by atoms with Crippen LogP contribution in [0.1, 0.15) is 12.0 Å². The summed E-state index contributed by atoms with van der Waals surface area (Å²) in [5, 5.41) is 7.23. The molecule has 0 saturated carbocycles. The maximum atomic E-state index is 12.2. The molecule has 0 bridgehead atoms. The zero-order valence-corrected chi connectivity index (χ0v) is 16.5. The Kier molecular flexibility index (Phi) is 5.65. The summed E-state index contributed by atoms with van der Waals surface area (Å²) in [5.74, 6) is 1.90. The van der Waals surface area contributed by atoms with Crippen LogP contribution in [0.3, 0.4) is 0 Å². The van der Waals surface area contributed by atoms with Crippen molar-refractivity contribution in [3.63, 3.8) is 0 Å². The average molecular weight is 407 g/mol. The summed E-state index contributed by atoms with van der Waals surface area (Å²) in [6.07, 6.45) is 0.138. The zero-order chi connectivity index (χ0) is 20.9. The Labute approximate surface area is 173 Å². The highest BCUT2D eigenvalue weighted by molar-refractivity contribution is 5.75. The molecule has 30 heavy (non-hydrogen) atoms. The molecule has 0 saturated heterocycles. The van der Waals surface area contributed by atoms with Crippen LogP contribution in [0.4, 0.5) is 0 Å². The van der Waals surface area contributed by atoms with E-state index >= 15 is 0 Å². The predicted octanol–water partition coefficient (Wildman–Crippen LogP) is 2.35. The van der Waals surface area contributed by atoms with Gasteiger partial charge in [0.05, 0.1) is 19.3 Å². The van der Waals surface area contributed by atoms with Gasteiger partial charge in [-0.25, -0.2) is 4.68 Å². The summed E-state index contributed by atoms with van der Waals surface area (Å²) in [4.78, 5) is 24.4. The number of ether oxygens (including phenoxy) is 3. The minimum absolute atomic E-state index is 0.138. The van der Waals surface area contributed by atoms with Crippen LogP contribution in [0, 0.1) is 0 Å². The SMILES string of the molecule is COc1cccc(-c2ccc(=O)n(CCC(=O)NCc3ccc4c(c3)OCO4)n2)c1. The number of methoxy groups -OCH3 is 1. The van der Waals surface area contributed by atoms with Gasteiger partial charge in [0.1, 0.15) is 5.75 Å². The molecule has 1 aromatic heterocycles. The van der Waals surface area contributed by atoms with Crippen LogP contribution in [0.15, 0.2) is 59.4 Å². The lowest BCUT2D eigenvalue weighted by atomic mass is 10.1. The van der Waals surface area contributed by atoms with Crippen LogP contribution in [0.25, 0.3) is 11.3 Å². The molecule has 2 heterocycles. The summed E-state index contributed by atoms with van der Waals surface area (Å²) in [6.45, 7) is 0.757. The van der Waals surface area contributed by atoms with Crippen molar-refractivity contribution in [2.45, 2.75) is 19.5 Å². The number of aromatic nitrogens is 2. The third-order valence-corrected chi connectivity index (χ3v) is 4.71. The molecule has 0 atom stereocenters. The summed E-state index contributed by atoms with van der Waals surface area (Å²) in [5.41, 5.74) is 2.11. The Hall–Kier alpha value is -3.81. The van der Waals surface area contributed by atoms with Crippen molar-refractivity contribution < 1.29 is 19.0 Å². The molecule has 0 radical (unpaired) electrons. The Morgan fingerprint density at radius 2 is 2.00 bits per heavy atom. The van der Waals surface area contributed by atoms with Gasteiger partial charge in [-0.15, -0.1) is 0 Å². The molecule has 1 aliphatic rings. The van der Waals surface area contributed by atoms with E-state index < -0.39 is 0 Å². The number of amides is 1. The van der Waals surface area contributed by atoms with Crippen molar-refractivity contribution in [3.05, 3.63) is 70.5 Å². The smallest absolute Gasteiger partial charge is 0.266 e. The summed E-state index contributed by atoms with van der Waals surface area (Å²) in [7, 11) is 1.59. The van der Waals surface area contributed by atoms with Crippen LogP contribution in [0.5, 0.6) is 17.2 Å². The molecule has 3 aromatic rings. The van der Waals surface area contributed by atoms with Crippen LogP contribution in [0.2, 0.25) is 0 Å². The predicted molar refractivity (Wildman–Crippen MR) is 110 cm³/mol. The monoisotopic (exact) mass is 407 g/mol. The second kappa shape index (κ2) is 8.69. The van der Waals surface area contributed by atoms with Crippen LogP contribution in [-0.2, 0) is 17.9 Å². The normalized spacial score (nSPS) is 11.9. The first-order chi connectivity index (χ1) is 14.6. The Morgan fingerprint density at radius 3 is 2.87 bits per heavy atom. The van der Waals surface area contributed by atoms with Gasteiger partial charge in [0, 0.05) is 24.6 Å². The molecule has 4 rings (SSSR count). The van der Waals surface area contributed by atoms with Gasteiger partial charge in [0.25, 0.3) is 5.56 Å². The first-order valence-electron chi connectivity index (χ1n) is 9.50. The van der Waals surface area contributed by atoms with Crippen LogP contribution >= 0.6 is 0 Å². The van der Waals surface area contributed by atoms with E-state index in [2.05, 4.69) is 10.4 Å². The molecule has 0 unspecified atom stereocenters. The number of aryl methyl sites for hydroxylation is 1. The standard InChI is InChI=1S/C22H21N3O5/c1-28-17-4-2-3-16(12-17)18-6-8-22(27)25(24-18)10-9-21(26)23-13-15-5-7-19-20(11-15)30-14-29-19/h2-8,11-12H,9-10,13-14H2,1H3,(H,23,26). The van der Waals surface area contributed by atoms with Gasteiger partial charge in [-0.3, -0.25) is 9.59 Å². The highest BCUT2D eigenvalue weighted by atomic mass is 16.7. The highest BCUT2D eigenvalue weighted by Crippen LogP contribution is 2.32. The van der Waals surface area contributed by atoms with E-state index in [0.717, 1.165) is 11.1 Å². The van der Waals surface area contributed by atoms with Crippen molar-refractivity contribution in [3.8, 4) is 28.5 Å². The van der Waals surface area contributed by atoms with E-state index in [0.29, 0.717) is 29.5 Å². The molecule has 8 heteroatoms. The van der Waals surface area contributed by atoms with Crippen molar-refractivity contribution >= 4 is 5.91 Å². The van der Waals surface area contributed by atoms with Gasteiger partial charge in [-0.2, -0.15) is 5.10 Å². The van der Waals surface area contributed by atoms with Crippen molar-refractivity contribution in [1.82, 2.24) is 15.1 Å². The second-order valence-corrected chi connectivity index (χ2v) is 6.73. The quantitative estimate of drug-likeness (QED) is 0.647. The molecule has 2 aromatic carbocycles. The number of rotatable bonds is 7. The van der Waals surface area contributed by atoms with Gasteiger partial charge in [0.15, 0.2) is 11.5 Å². The Balaban J connectivity index is 1.37. The Bertz CT molecular complexity index is 1130. The number of carbonyl (C=O) groups excluding carboxylic acids is 1. The molecular weight excluding hydrogens is 386 g/mol. The number of carbonyl (C=O) groups is 1. The molecule has 0 aliphatic carbocycles. The zero-order valence-electron chi connectivity index (χ0n) is 16.5. The largest absolute Gasteiger partial charge is 0.497 e. The molecule has 0 fully saturated rings. The minimum Gasteiger partial charge on any atom is -0.497 e. The average Bonchev–Trinajstić information content (AvgIpc) is 3.25. The maximum Gasteiger partial charge on any atom is 0.266 e. The fourth-order valence-electron chi connectivity index (χ4n) is 3.09. The van der Waals surface area contributed by atoms with E-state index in [1.165, 1.54) is 10.7 Å². The minimum atomic E-state index is -0.259. The van der Waals surface area contributed by atoms with E-state index in [-0.39, 0.29) is 31.2 Å². The van der Waals surface area contributed by atoms with E-state index in [1.807, 2.05) is 42.5 Å². The molecule has 0 spiro atoms. The Morgan fingerprint density at radius 1 is 1.13 bits per heavy atom. The second-order valence-electron chi connectivity index (χ2n) is 6.73. The lowest BCUT2D eigenvalue weighted by Gasteiger charge is -2.09. The molecular formula is C22H21N3O5. The molecule has 1 N–H and O–H groups in total. The summed E-state index contributed by atoms with van der Waals surface area (Å²) < 4.78 is 17.1. The lowest BCUT2D eigenvalue weighted by molar-refractivity contribution is -0.121. The molecule has 8 nitrogen and oxygen atoms in total. The molecule has 1 amide bonds.